The zero-order valence-electron chi connectivity index (χ0n) is 15.4. The highest BCUT2D eigenvalue weighted by Crippen LogP contribution is 2.25. The lowest BCUT2D eigenvalue weighted by atomic mass is 9.98. The Morgan fingerprint density at radius 3 is 2.63 bits per heavy atom. The number of hydrogen-bond donors (Lipinski definition) is 4. The molecule has 30 heavy (non-hydrogen) atoms. The number of H-pyrrole nitrogens is 1. The van der Waals surface area contributed by atoms with Gasteiger partial charge in [-0.2, -0.15) is 18.3 Å². The molecule has 0 spiro atoms. The first kappa shape index (κ1) is 21.2. The maximum absolute atomic E-state index is 12.3. The van der Waals surface area contributed by atoms with Crippen LogP contribution in [0.3, 0.4) is 0 Å². The Balaban J connectivity index is 0.000000318. The SMILES string of the molecule is O=C(Nc1n[nH]c2cnccc12)c1coc(C2CCNCC2)n1.O=C(O)C(F)(F)F. The lowest BCUT2D eigenvalue weighted by molar-refractivity contribution is -0.192. The number of nitrogens with one attached hydrogen (secondary N) is 3. The van der Waals surface area contributed by atoms with Crippen molar-refractivity contribution in [3.63, 3.8) is 0 Å². The Kier molecular flexibility index (Phi) is 6.30. The molecule has 1 saturated heterocycles. The third kappa shape index (κ3) is 5.11. The largest absolute Gasteiger partial charge is 0.490 e. The van der Waals surface area contributed by atoms with Gasteiger partial charge in [-0.3, -0.25) is 14.9 Å². The molecule has 13 heteroatoms. The van der Waals surface area contributed by atoms with Gasteiger partial charge in [0.1, 0.15) is 6.26 Å². The van der Waals surface area contributed by atoms with E-state index in [9.17, 15) is 18.0 Å². The molecule has 0 atom stereocenters. The molecule has 3 aromatic heterocycles. The predicted octanol–water partition coefficient (Wildman–Crippen LogP) is 2.30. The summed E-state index contributed by atoms with van der Waals surface area (Å²) in [5.74, 6) is -1.73. The third-order valence-electron chi connectivity index (χ3n) is 4.28. The summed E-state index contributed by atoms with van der Waals surface area (Å²) in [7, 11) is 0. The fourth-order valence-corrected chi connectivity index (χ4v) is 2.78. The number of oxazole rings is 1. The van der Waals surface area contributed by atoms with Crippen LogP contribution >= 0.6 is 0 Å². The van der Waals surface area contributed by atoms with Crippen molar-refractivity contribution in [1.82, 2.24) is 25.5 Å². The molecule has 0 radical (unpaired) electrons. The third-order valence-corrected chi connectivity index (χ3v) is 4.28. The molecule has 160 valence electrons. The van der Waals surface area contributed by atoms with E-state index in [0.29, 0.717) is 11.7 Å². The molecule has 4 rings (SSSR count). The van der Waals surface area contributed by atoms with Gasteiger partial charge in [-0.15, -0.1) is 0 Å². The number of halogens is 3. The molecule has 4 N–H and O–H groups in total. The first-order chi connectivity index (χ1) is 14.3. The van der Waals surface area contributed by atoms with E-state index < -0.39 is 12.1 Å². The van der Waals surface area contributed by atoms with E-state index >= 15 is 0 Å². The monoisotopic (exact) mass is 426 g/mol. The standard InChI is InChI=1S/C15H16N6O2.C2HF3O2/c22-14(19-13-10-3-6-17-7-11(10)20-21-13)12-8-23-15(18-12)9-1-4-16-5-2-9;3-2(4,5)1(6)7/h3,6-9,16H,1-2,4-5H2,(H2,19,20,21,22);(H,6,7). The lowest BCUT2D eigenvalue weighted by Crippen LogP contribution is -2.26. The summed E-state index contributed by atoms with van der Waals surface area (Å²) in [5, 5.41) is 20.9. The number of alkyl halides is 3. The van der Waals surface area contributed by atoms with Crippen LogP contribution in [0.1, 0.15) is 35.1 Å². The van der Waals surface area contributed by atoms with E-state index in [1.54, 1.807) is 18.5 Å². The van der Waals surface area contributed by atoms with Crippen LogP contribution in [-0.2, 0) is 4.79 Å². The molecule has 10 nitrogen and oxygen atoms in total. The van der Waals surface area contributed by atoms with Gasteiger partial charge in [-0.05, 0) is 32.0 Å². The van der Waals surface area contributed by atoms with Crippen molar-refractivity contribution < 1.29 is 32.3 Å². The second-order valence-corrected chi connectivity index (χ2v) is 6.35. The summed E-state index contributed by atoms with van der Waals surface area (Å²) >= 11 is 0. The fraction of sp³-hybridized carbons (Fsp3) is 0.353. The van der Waals surface area contributed by atoms with Crippen molar-refractivity contribution in [2.24, 2.45) is 0 Å². The van der Waals surface area contributed by atoms with Gasteiger partial charge in [0, 0.05) is 17.5 Å². The van der Waals surface area contributed by atoms with E-state index in [2.05, 4.69) is 30.8 Å². The smallest absolute Gasteiger partial charge is 0.475 e. The maximum Gasteiger partial charge on any atom is 0.490 e. The minimum atomic E-state index is -5.08. The van der Waals surface area contributed by atoms with Crippen LogP contribution in [0.5, 0.6) is 0 Å². The van der Waals surface area contributed by atoms with Crippen molar-refractivity contribution in [3.8, 4) is 0 Å². The van der Waals surface area contributed by atoms with Gasteiger partial charge in [0.2, 0.25) is 0 Å². The predicted molar refractivity (Wildman–Crippen MR) is 96.9 cm³/mol. The summed E-state index contributed by atoms with van der Waals surface area (Å²) < 4.78 is 37.2. The number of aromatic amines is 1. The summed E-state index contributed by atoms with van der Waals surface area (Å²) in [4.78, 5) is 29.6. The Morgan fingerprint density at radius 2 is 1.97 bits per heavy atom. The molecule has 3 aromatic rings. The van der Waals surface area contributed by atoms with Gasteiger partial charge >= 0.3 is 12.1 Å². The van der Waals surface area contributed by atoms with E-state index in [-0.39, 0.29) is 17.5 Å². The van der Waals surface area contributed by atoms with Crippen molar-refractivity contribution in [2.45, 2.75) is 24.9 Å². The minimum absolute atomic E-state index is 0.267. The molecule has 1 amide bonds. The average Bonchev–Trinajstić information content (AvgIpc) is 3.36. The maximum atomic E-state index is 12.3. The zero-order valence-corrected chi connectivity index (χ0v) is 15.4. The number of piperidine rings is 1. The molecule has 1 aliphatic heterocycles. The van der Waals surface area contributed by atoms with Crippen molar-refractivity contribution >= 4 is 28.6 Å². The Bertz CT molecular complexity index is 1030. The molecular weight excluding hydrogens is 409 g/mol. The molecular formula is C17H17F3N6O4. The van der Waals surface area contributed by atoms with E-state index in [4.69, 9.17) is 14.3 Å². The van der Waals surface area contributed by atoms with Gasteiger partial charge in [-0.25, -0.2) is 9.78 Å². The van der Waals surface area contributed by atoms with Crippen LogP contribution in [0.4, 0.5) is 19.0 Å². The topological polar surface area (TPSA) is 146 Å². The number of anilines is 1. The lowest BCUT2D eigenvalue weighted by Gasteiger charge is -2.19. The highest BCUT2D eigenvalue weighted by atomic mass is 19.4. The number of fused-ring (bicyclic) bond motifs is 1. The molecule has 4 heterocycles. The number of aromatic nitrogens is 4. The van der Waals surface area contributed by atoms with Gasteiger partial charge in [0.25, 0.3) is 5.91 Å². The number of carboxylic acids is 1. The zero-order chi connectivity index (χ0) is 21.7. The number of carboxylic acid groups (broad SMARTS) is 1. The second kappa shape index (κ2) is 8.90. The number of aliphatic carboxylic acids is 1. The number of carbonyl (C=O) groups is 2. The first-order valence-corrected chi connectivity index (χ1v) is 8.81. The molecule has 0 unspecified atom stereocenters. The fourth-order valence-electron chi connectivity index (χ4n) is 2.78. The number of pyridine rings is 1. The minimum Gasteiger partial charge on any atom is -0.475 e. The quantitative estimate of drug-likeness (QED) is 0.499. The van der Waals surface area contributed by atoms with Crippen LogP contribution in [0.25, 0.3) is 10.9 Å². The number of carbonyl (C=O) groups excluding carboxylic acids is 1. The van der Waals surface area contributed by atoms with Crippen LogP contribution in [-0.4, -0.2) is 56.4 Å². The number of amides is 1. The molecule has 0 aliphatic carbocycles. The van der Waals surface area contributed by atoms with Crippen LogP contribution in [0.15, 0.2) is 29.1 Å². The molecule has 1 fully saturated rings. The molecule has 0 bridgehead atoms. The van der Waals surface area contributed by atoms with Crippen molar-refractivity contribution in [3.05, 3.63) is 36.3 Å². The first-order valence-electron chi connectivity index (χ1n) is 8.81. The normalized spacial score (nSPS) is 14.8. The van der Waals surface area contributed by atoms with Gasteiger partial charge in [0.05, 0.1) is 11.7 Å². The number of nitrogens with zero attached hydrogens (tertiary/aromatic N) is 3. The molecule has 0 saturated carbocycles. The second-order valence-electron chi connectivity index (χ2n) is 6.35. The van der Waals surface area contributed by atoms with E-state index in [1.807, 2.05) is 0 Å². The van der Waals surface area contributed by atoms with Crippen LogP contribution in [0.2, 0.25) is 0 Å². The van der Waals surface area contributed by atoms with Crippen LogP contribution < -0.4 is 10.6 Å². The van der Waals surface area contributed by atoms with Gasteiger partial charge < -0.3 is 20.2 Å². The molecule has 1 aliphatic rings. The Morgan fingerprint density at radius 1 is 1.27 bits per heavy atom. The highest BCUT2D eigenvalue weighted by Gasteiger charge is 2.38. The van der Waals surface area contributed by atoms with Gasteiger partial charge in [-0.1, -0.05) is 0 Å². The van der Waals surface area contributed by atoms with Crippen LogP contribution in [0, 0.1) is 0 Å². The number of rotatable bonds is 3. The number of hydrogen-bond acceptors (Lipinski definition) is 7. The van der Waals surface area contributed by atoms with Crippen molar-refractivity contribution in [2.75, 3.05) is 18.4 Å². The van der Waals surface area contributed by atoms with E-state index in [0.717, 1.165) is 36.8 Å². The Labute approximate surface area is 166 Å². The summed E-state index contributed by atoms with van der Waals surface area (Å²) in [6.07, 6.45) is 1.57. The highest BCUT2D eigenvalue weighted by molar-refractivity contribution is 6.06. The molecule has 0 aromatic carbocycles. The summed E-state index contributed by atoms with van der Waals surface area (Å²) in [5.41, 5.74) is 1.03. The summed E-state index contributed by atoms with van der Waals surface area (Å²) in [6, 6.07) is 1.79. The van der Waals surface area contributed by atoms with E-state index in [1.165, 1.54) is 6.26 Å². The van der Waals surface area contributed by atoms with Gasteiger partial charge in [0.15, 0.2) is 17.4 Å². The Hall–Kier alpha value is -3.48. The summed E-state index contributed by atoms with van der Waals surface area (Å²) in [6.45, 7) is 1.89. The average molecular weight is 426 g/mol. The van der Waals surface area contributed by atoms with Crippen molar-refractivity contribution in [1.29, 1.82) is 0 Å².